The van der Waals surface area contributed by atoms with Gasteiger partial charge in [-0.15, -0.1) is 0 Å². The number of halogens is 2. The summed E-state index contributed by atoms with van der Waals surface area (Å²) in [5.41, 5.74) is 3.81. The second-order valence-electron chi connectivity index (χ2n) is 12.5. The van der Waals surface area contributed by atoms with Gasteiger partial charge in [-0.2, -0.15) is 5.10 Å². The number of carbonyl (C=O) groups excluding carboxylic acids is 2. The molecule has 0 bridgehead atoms. The minimum Gasteiger partial charge on any atom is -0.317 e. The number of hydrogen-bond acceptors (Lipinski definition) is 4. The molecule has 1 aliphatic rings. The highest BCUT2D eigenvalue weighted by Gasteiger charge is 2.33. The standard InChI is InChI=1S/C35H39F2N5O2/c1-22-9-13-26(14-10-22)42-32(21-31(41-42)35(2,3)4)40-34(44)39-29-8-6-5-7-27(29)33(23-15-17-38-18-16-23)30(43)19-24-11-12-25(36)20-28(24)37/h5-14,20-21,23,33,38H,15-19H2,1-4H3,(H2,39,40,44). The van der Waals surface area contributed by atoms with Crippen molar-refractivity contribution in [3.63, 3.8) is 0 Å². The Kier molecular flexibility index (Phi) is 9.25. The number of Topliss-reactive ketones (excluding diaryl/α,β-unsaturated/α-hetero) is 1. The maximum absolute atomic E-state index is 14.6. The normalized spacial score (nSPS) is 14.7. The van der Waals surface area contributed by atoms with Crippen LogP contribution in [0, 0.1) is 24.5 Å². The Bertz CT molecular complexity index is 1640. The number of ketones is 1. The molecule has 1 aliphatic heterocycles. The fourth-order valence-electron chi connectivity index (χ4n) is 5.70. The maximum Gasteiger partial charge on any atom is 0.324 e. The van der Waals surface area contributed by atoms with Gasteiger partial charge in [0.25, 0.3) is 0 Å². The molecule has 9 heteroatoms. The molecule has 0 aliphatic carbocycles. The van der Waals surface area contributed by atoms with E-state index in [0.717, 1.165) is 55.0 Å². The smallest absolute Gasteiger partial charge is 0.317 e. The molecular weight excluding hydrogens is 560 g/mol. The monoisotopic (exact) mass is 599 g/mol. The molecule has 2 amide bonds. The number of piperidine rings is 1. The summed E-state index contributed by atoms with van der Waals surface area (Å²) >= 11 is 0. The summed E-state index contributed by atoms with van der Waals surface area (Å²) in [7, 11) is 0. The zero-order chi connectivity index (χ0) is 31.4. The number of anilines is 2. The van der Waals surface area contributed by atoms with E-state index in [-0.39, 0.29) is 29.1 Å². The predicted octanol–water partition coefficient (Wildman–Crippen LogP) is 7.30. The summed E-state index contributed by atoms with van der Waals surface area (Å²) in [6, 6.07) is 19.8. The minimum absolute atomic E-state index is 0.00409. The van der Waals surface area contributed by atoms with Crippen LogP contribution in [-0.4, -0.2) is 34.7 Å². The molecule has 3 aromatic carbocycles. The average molecular weight is 600 g/mol. The van der Waals surface area contributed by atoms with Crippen LogP contribution in [0.1, 0.15) is 61.9 Å². The zero-order valence-electron chi connectivity index (χ0n) is 25.6. The SMILES string of the molecule is Cc1ccc(-n2nc(C(C)(C)C)cc2NC(=O)Nc2ccccc2C(C(=O)Cc2ccc(F)cc2F)C2CCNCC2)cc1. The lowest BCUT2D eigenvalue weighted by Gasteiger charge is -2.31. The predicted molar refractivity (Wildman–Crippen MR) is 169 cm³/mol. The quantitative estimate of drug-likeness (QED) is 0.198. The first-order valence-electron chi connectivity index (χ1n) is 15.0. The van der Waals surface area contributed by atoms with Gasteiger partial charge in [0.1, 0.15) is 23.2 Å². The number of urea groups is 1. The van der Waals surface area contributed by atoms with Gasteiger partial charge >= 0.3 is 6.03 Å². The summed E-state index contributed by atoms with van der Waals surface area (Å²) < 4.78 is 29.8. The summed E-state index contributed by atoms with van der Waals surface area (Å²) in [5, 5.41) is 14.1. The lowest BCUT2D eigenvalue weighted by atomic mass is 9.76. The fraction of sp³-hybridized carbons (Fsp3) is 0.343. The highest BCUT2D eigenvalue weighted by Crippen LogP contribution is 2.37. The Morgan fingerprint density at radius 1 is 0.977 bits per heavy atom. The van der Waals surface area contributed by atoms with E-state index in [1.807, 2.05) is 49.4 Å². The van der Waals surface area contributed by atoms with Crippen molar-refractivity contribution >= 4 is 23.3 Å². The van der Waals surface area contributed by atoms with Crippen molar-refractivity contribution < 1.29 is 18.4 Å². The van der Waals surface area contributed by atoms with E-state index in [1.54, 1.807) is 16.8 Å². The summed E-state index contributed by atoms with van der Waals surface area (Å²) in [6.45, 7) is 9.71. The molecular formula is C35H39F2N5O2. The lowest BCUT2D eigenvalue weighted by Crippen LogP contribution is -2.34. The van der Waals surface area contributed by atoms with Crippen molar-refractivity contribution in [3.8, 4) is 5.69 Å². The molecule has 1 atom stereocenters. The molecule has 2 heterocycles. The molecule has 1 aromatic heterocycles. The first-order valence-corrected chi connectivity index (χ1v) is 15.0. The number of aromatic nitrogens is 2. The van der Waals surface area contributed by atoms with Gasteiger partial charge in [0, 0.05) is 35.6 Å². The molecule has 5 rings (SSSR count). The third-order valence-electron chi connectivity index (χ3n) is 8.12. The Hall–Kier alpha value is -4.37. The van der Waals surface area contributed by atoms with Crippen molar-refractivity contribution in [3.05, 3.63) is 107 Å². The highest BCUT2D eigenvalue weighted by atomic mass is 19.1. The van der Waals surface area contributed by atoms with Gasteiger partial charge in [-0.25, -0.2) is 18.3 Å². The number of nitrogens with zero attached hydrogens (tertiary/aromatic N) is 2. The second kappa shape index (κ2) is 13.1. The third kappa shape index (κ3) is 7.22. The molecule has 44 heavy (non-hydrogen) atoms. The van der Waals surface area contributed by atoms with Gasteiger partial charge in [0.15, 0.2) is 0 Å². The molecule has 0 radical (unpaired) electrons. The first-order chi connectivity index (χ1) is 21.0. The van der Waals surface area contributed by atoms with E-state index in [1.165, 1.54) is 6.07 Å². The number of benzene rings is 3. The molecule has 0 spiro atoms. The fourth-order valence-corrected chi connectivity index (χ4v) is 5.70. The molecule has 4 aromatic rings. The van der Waals surface area contributed by atoms with Crippen molar-refractivity contribution in [1.82, 2.24) is 15.1 Å². The number of amides is 2. The topological polar surface area (TPSA) is 88.1 Å². The van der Waals surface area contributed by atoms with Crippen LogP contribution in [0.25, 0.3) is 5.69 Å². The second-order valence-corrected chi connectivity index (χ2v) is 12.5. The Morgan fingerprint density at radius 2 is 1.68 bits per heavy atom. The Balaban J connectivity index is 1.44. The molecule has 1 unspecified atom stereocenters. The first kappa shape index (κ1) is 31.1. The third-order valence-corrected chi connectivity index (χ3v) is 8.12. The van der Waals surface area contributed by atoms with Crippen LogP contribution in [0.15, 0.2) is 72.8 Å². The van der Waals surface area contributed by atoms with E-state index < -0.39 is 23.6 Å². The number of nitrogens with one attached hydrogen (secondary N) is 3. The summed E-state index contributed by atoms with van der Waals surface area (Å²) in [4.78, 5) is 27.4. The van der Waals surface area contributed by atoms with E-state index in [0.29, 0.717) is 17.1 Å². The summed E-state index contributed by atoms with van der Waals surface area (Å²) in [5.74, 6) is -1.68. The van der Waals surface area contributed by atoms with E-state index in [9.17, 15) is 18.4 Å². The van der Waals surface area contributed by atoms with Crippen molar-refractivity contribution in [2.45, 2.75) is 58.3 Å². The number of carbonyl (C=O) groups is 2. The van der Waals surface area contributed by atoms with Crippen LogP contribution >= 0.6 is 0 Å². The van der Waals surface area contributed by atoms with Gasteiger partial charge in [-0.3, -0.25) is 10.1 Å². The highest BCUT2D eigenvalue weighted by molar-refractivity contribution is 6.01. The van der Waals surface area contributed by atoms with Crippen molar-refractivity contribution in [2.75, 3.05) is 23.7 Å². The Labute approximate surface area is 257 Å². The van der Waals surface area contributed by atoms with Gasteiger partial charge in [0.05, 0.1) is 11.4 Å². The van der Waals surface area contributed by atoms with Crippen LogP contribution in [-0.2, 0) is 16.6 Å². The lowest BCUT2D eigenvalue weighted by molar-refractivity contribution is -0.121. The molecule has 1 fully saturated rings. The maximum atomic E-state index is 14.6. The van der Waals surface area contributed by atoms with E-state index in [4.69, 9.17) is 5.10 Å². The number of aryl methyl sites for hydroxylation is 1. The van der Waals surface area contributed by atoms with Crippen molar-refractivity contribution in [2.24, 2.45) is 5.92 Å². The largest absolute Gasteiger partial charge is 0.324 e. The van der Waals surface area contributed by atoms with Gasteiger partial charge in [-0.05, 0) is 74.2 Å². The van der Waals surface area contributed by atoms with Crippen LogP contribution in [0.2, 0.25) is 0 Å². The van der Waals surface area contributed by atoms with Crippen LogP contribution < -0.4 is 16.0 Å². The van der Waals surface area contributed by atoms with Gasteiger partial charge < -0.3 is 10.6 Å². The number of para-hydroxylation sites is 1. The van der Waals surface area contributed by atoms with Gasteiger partial charge in [0.2, 0.25) is 0 Å². The number of rotatable bonds is 8. The van der Waals surface area contributed by atoms with E-state index >= 15 is 0 Å². The molecule has 0 saturated carbocycles. The summed E-state index contributed by atoms with van der Waals surface area (Å²) in [6.07, 6.45) is 1.34. The average Bonchev–Trinajstić information content (AvgIpc) is 3.41. The van der Waals surface area contributed by atoms with Crippen molar-refractivity contribution in [1.29, 1.82) is 0 Å². The zero-order valence-corrected chi connectivity index (χ0v) is 25.6. The van der Waals surface area contributed by atoms with Crippen LogP contribution in [0.5, 0.6) is 0 Å². The van der Waals surface area contributed by atoms with Crippen LogP contribution in [0.3, 0.4) is 0 Å². The molecule has 1 saturated heterocycles. The molecule has 3 N–H and O–H groups in total. The van der Waals surface area contributed by atoms with Crippen LogP contribution in [0.4, 0.5) is 25.1 Å². The molecule has 7 nitrogen and oxygen atoms in total. The molecule has 230 valence electrons. The Morgan fingerprint density at radius 3 is 2.36 bits per heavy atom. The number of hydrogen-bond donors (Lipinski definition) is 3. The van der Waals surface area contributed by atoms with E-state index in [2.05, 4.69) is 36.7 Å². The van der Waals surface area contributed by atoms with Gasteiger partial charge in [-0.1, -0.05) is 62.7 Å². The minimum atomic E-state index is -0.743.